The lowest BCUT2D eigenvalue weighted by Gasteiger charge is -2.00. The summed E-state index contributed by atoms with van der Waals surface area (Å²) in [6.07, 6.45) is 0. The molecule has 1 aromatic carbocycles. The first-order valence-electron chi connectivity index (χ1n) is 3.93. The molecule has 1 aromatic heterocycles. The zero-order valence-corrected chi connectivity index (χ0v) is 8.95. The summed E-state index contributed by atoms with van der Waals surface area (Å²) in [5.74, 6) is 0.713. The van der Waals surface area contributed by atoms with Crippen molar-refractivity contribution >= 4 is 33.0 Å². The minimum absolute atomic E-state index is 0.491. The summed E-state index contributed by atoms with van der Waals surface area (Å²) < 4.78 is 6.16. The average molecular weight is 224 g/mol. The van der Waals surface area contributed by atoms with Gasteiger partial charge in [0.1, 0.15) is 16.7 Å². The number of benzene rings is 1. The average Bonchev–Trinajstić information content (AvgIpc) is 2.55. The van der Waals surface area contributed by atoms with Gasteiger partial charge in [0, 0.05) is 4.70 Å². The smallest absolute Gasteiger partial charge is 0.129 e. The van der Waals surface area contributed by atoms with Gasteiger partial charge in [-0.2, -0.15) is 5.26 Å². The van der Waals surface area contributed by atoms with Crippen molar-refractivity contribution in [3.05, 3.63) is 28.1 Å². The summed E-state index contributed by atoms with van der Waals surface area (Å²) in [4.78, 5) is 0.533. The van der Waals surface area contributed by atoms with Gasteiger partial charge in [-0.05, 0) is 12.1 Å². The van der Waals surface area contributed by atoms with Crippen LogP contribution in [0, 0.1) is 11.3 Å². The van der Waals surface area contributed by atoms with Gasteiger partial charge in [-0.25, -0.2) is 0 Å². The number of ether oxygens (including phenoxy) is 1. The van der Waals surface area contributed by atoms with Gasteiger partial charge in [0.15, 0.2) is 0 Å². The zero-order valence-electron chi connectivity index (χ0n) is 7.37. The molecule has 4 heteroatoms. The minimum Gasteiger partial charge on any atom is -0.496 e. The van der Waals surface area contributed by atoms with E-state index in [0.717, 1.165) is 10.1 Å². The van der Waals surface area contributed by atoms with E-state index in [1.165, 1.54) is 11.3 Å². The topological polar surface area (TPSA) is 33.0 Å². The van der Waals surface area contributed by atoms with Gasteiger partial charge >= 0.3 is 0 Å². The maximum Gasteiger partial charge on any atom is 0.129 e. The van der Waals surface area contributed by atoms with Gasteiger partial charge in [0.2, 0.25) is 0 Å². The van der Waals surface area contributed by atoms with E-state index in [-0.39, 0.29) is 0 Å². The van der Waals surface area contributed by atoms with Crippen molar-refractivity contribution < 1.29 is 4.74 Å². The van der Waals surface area contributed by atoms with Crippen molar-refractivity contribution in [1.82, 2.24) is 0 Å². The van der Waals surface area contributed by atoms with Gasteiger partial charge in [-0.15, -0.1) is 11.3 Å². The molecule has 2 nitrogen and oxygen atoms in total. The highest BCUT2D eigenvalue weighted by Gasteiger charge is 2.13. The van der Waals surface area contributed by atoms with Crippen molar-refractivity contribution in [2.45, 2.75) is 0 Å². The highest BCUT2D eigenvalue weighted by molar-refractivity contribution is 7.20. The molecule has 2 rings (SSSR count). The van der Waals surface area contributed by atoms with E-state index in [1.807, 2.05) is 18.2 Å². The van der Waals surface area contributed by atoms with Crippen molar-refractivity contribution in [3.63, 3.8) is 0 Å². The standard InChI is InChI=1S/C10H6ClNOS/c1-13-6-3-2-4-7-9(6)10(11)8(5-12)14-7/h2-4H,1H3. The predicted molar refractivity (Wildman–Crippen MR) is 58.1 cm³/mol. The maximum atomic E-state index is 8.82. The first-order valence-corrected chi connectivity index (χ1v) is 5.12. The van der Waals surface area contributed by atoms with Crippen LogP contribution in [0.25, 0.3) is 10.1 Å². The number of nitrogens with zero attached hydrogens (tertiary/aromatic N) is 1. The van der Waals surface area contributed by atoms with Crippen LogP contribution >= 0.6 is 22.9 Å². The van der Waals surface area contributed by atoms with Gasteiger partial charge in [0.25, 0.3) is 0 Å². The Balaban J connectivity index is 2.87. The van der Waals surface area contributed by atoms with Crippen LogP contribution in [0.2, 0.25) is 5.02 Å². The molecule has 1 heterocycles. The molecule has 0 aliphatic rings. The molecule has 0 spiro atoms. The van der Waals surface area contributed by atoms with Crippen LogP contribution in [0.15, 0.2) is 18.2 Å². The third kappa shape index (κ3) is 1.24. The number of thiophene rings is 1. The Kier molecular flexibility index (Phi) is 2.32. The number of hydrogen-bond donors (Lipinski definition) is 0. The molecule has 0 saturated heterocycles. The van der Waals surface area contributed by atoms with Gasteiger partial charge < -0.3 is 4.74 Å². The monoisotopic (exact) mass is 223 g/mol. The van der Waals surface area contributed by atoms with Crippen molar-refractivity contribution in [3.8, 4) is 11.8 Å². The molecular formula is C10H6ClNOS. The molecule has 0 radical (unpaired) electrons. The van der Waals surface area contributed by atoms with Crippen molar-refractivity contribution in [2.75, 3.05) is 7.11 Å². The maximum absolute atomic E-state index is 8.82. The summed E-state index contributed by atoms with van der Waals surface area (Å²) in [7, 11) is 1.59. The molecular weight excluding hydrogens is 218 g/mol. The lowest BCUT2D eigenvalue weighted by Crippen LogP contribution is -1.82. The van der Waals surface area contributed by atoms with E-state index in [0.29, 0.717) is 15.6 Å². The SMILES string of the molecule is COc1cccc2sc(C#N)c(Cl)c12. The highest BCUT2D eigenvalue weighted by Crippen LogP contribution is 2.39. The Labute approximate surface area is 90.3 Å². The molecule has 0 bridgehead atoms. The largest absolute Gasteiger partial charge is 0.496 e. The fourth-order valence-electron chi connectivity index (χ4n) is 1.32. The molecule has 0 amide bonds. The molecule has 0 unspecified atom stereocenters. The molecule has 0 N–H and O–H groups in total. The van der Waals surface area contributed by atoms with Gasteiger partial charge in [0.05, 0.1) is 17.5 Å². The Bertz CT molecular complexity index is 527. The fraction of sp³-hybridized carbons (Fsp3) is 0.100. The van der Waals surface area contributed by atoms with Gasteiger partial charge in [-0.3, -0.25) is 0 Å². The van der Waals surface area contributed by atoms with Crippen molar-refractivity contribution in [1.29, 1.82) is 5.26 Å². The lowest BCUT2D eigenvalue weighted by atomic mass is 10.2. The molecule has 0 atom stereocenters. The summed E-state index contributed by atoms with van der Waals surface area (Å²) >= 11 is 7.43. The first-order chi connectivity index (χ1) is 6.77. The van der Waals surface area contributed by atoms with Crippen molar-refractivity contribution in [2.24, 2.45) is 0 Å². The quantitative estimate of drug-likeness (QED) is 0.742. The summed E-state index contributed by atoms with van der Waals surface area (Å²) in [6, 6.07) is 7.71. The number of rotatable bonds is 1. The summed E-state index contributed by atoms with van der Waals surface area (Å²) in [5, 5.41) is 10.1. The number of methoxy groups -OCH3 is 1. The highest BCUT2D eigenvalue weighted by atomic mass is 35.5. The number of nitriles is 1. The van der Waals surface area contributed by atoms with Crippen LogP contribution in [0.3, 0.4) is 0 Å². The van der Waals surface area contributed by atoms with E-state index in [4.69, 9.17) is 21.6 Å². The number of fused-ring (bicyclic) bond motifs is 1. The molecule has 70 valence electrons. The first kappa shape index (κ1) is 9.32. The predicted octanol–water partition coefficient (Wildman–Crippen LogP) is 3.43. The Morgan fingerprint density at radius 3 is 2.93 bits per heavy atom. The second-order valence-electron chi connectivity index (χ2n) is 2.69. The second kappa shape index (κ2) is 3.49. The fourth-order valence-corrected chi connectivity index (χ4v) is 2.64. The molecule has 0 saturated carbocycles. The van der Waals surface area contributed by atoms with Crippen LogP contribution in [0.5, 0.6) is 5.75 Å². The number of hydrogen-bond acceptors (Lipinski definition) is 3. The Morgan fingerprint density at radius 1 is 1.50 bits per heavy atom. The zero-order chi connectivity index (χ0) is 10.1. The Morgan fingerprint density at radius 2 is 2.29 bits per heavy atom. The molecule has 2 aromatic rings. The van der Waals surface area contributed by atoms with Crippen LogP contribution in [0.4, 0.5) is 0 Å². The molecule has 0 aliphatic carbocycles. The van der Waals surface area contributed by atoms with E-state index >= 15 is 0 Å². The summed E-state index contributed by atoms with van der Waals surface area (Å²) in [5.41, 5.74) is 0. The van der Waals surface area contributed by atoms with Crippen LogP contribution in [-0.2, 0) is 0 Å². The van der Waals surface area contributed by atoms with Gasteiger partial charge in [-0.1, -0.05) is 17.7 Å². The molecule has 0 aliphatic heterocycles. The van der Waals surface area contributed by atoms with Crippen LogP contribution in [-0.4, -0.2) is 7.11 Å². The van der Waals surface area contributed by atoms with E-state index < -0.39 is 0 Å². The third-order valence-electron chi connectivity index (χ3n) is 1.94. The minimum atomic E-state index is 0.491. The Hall–Kier alpha value is -1.24. The van der Waals surface area contributed by atoms with E-state index in [1.54, 1.807) is 7.11 Å². The summed E-state index contributed by atoms with van der Waals surface area (Å²) in [6.45, 7) is 0. The molecule has 14 heavy (non-hydrogen) atoms. The van der Waals surface area contributed by atoms with E-state index in [9.17, 15) is 0 Å². The third-order valence-corrected chi connectivity index (χ3v) is 3.49. The lowest BCUT2D eigenvalue weighted by molar-refractivity contribution is 0.420. The van der Waals surface area contributed by atoms with Crippen LogP contribution < -0.4 is 4.74 Å². The van der Waals surface area contributed by atoms with Crippen LogP contribution in [0.1, 0.15) is 4.88 Å². The number of halogens is 1. The normalized spacial score (nSPS) is 10.1. The second-order valence-corrected chi connectivity index (χ2v) is 4.12. The molecule has 0 fully saturated rings. The van der Waals surface area contributed by atoms with E-state index in [2.05, 4.69) is 6.07 Å².